The molecule has 4 nitrogen and oxygen atoms in total. The molecule has 0 bridgehead atoms. The van der Waals surface area contributed by atoms with Gasteiger partial charge in [0.05, 0.1) is 39.6 Å². The highest BCUT2D eigenvalue weighted by molar-refractivity contribution is 6.26. The van der Waals surface area contributed by atoms with Crippen LogP contribution in [-0.2, 0) is 18.6 Å². The van der Waals surface area contributed by atoms with E-state index in [-0.39, 0.29) is 0 Å². The largest absolute Gasteiger partial charge is 0.415 e. The van der Waals surface area contributed by atoms with Gasteiger partial charge in [-0.15, -0.1) is 0 Å². The zero-order chi connectivity index (χ0) is 14.0. The second-order valence-corrected chi connectivity index (χ2v) is 5.36. The molecule has 0 unspecified atom stereocenters. The minimum absolute atomic E-state index is 0.626. The summed E-state index contributed by atoms with van der Waals surface area (Å²) in [5, 5.41) is 0. The second kappa shape index (κ2) is 18.1. The van der Waals surface area contributed by atoms with Gasteiger partial charge in [-0.05, 0) is 12.5 Å². The van der Waals surface area contributed by atoms with Crippen LogP contribution in [0.2, 0.25) is 6.04 Å². The van der Waals surface area contributed by atoms with E-state index in [0.29, 0.717) is 49.4 Å². The van der Waals surface area contributed by atoms with Crippen molar-refractivity contribution in [3.8, 4) is 0 Å². The molecule has 0 amide bonds. The predicted octanol–water partition coefficient (Wildman–Crippen LogP) is 2.69. The summed E-state index contributed by atoms with van der Waals surface area (Å²) in [6.45, 7) is 9.09. The molecule has 5 heteroatoms. The van der Waals surface area contributed by atoms with Crippen LogP contribution < -0.4 is 0 Å². The van der Waals surface area contributed by atoms with E-state index in [2.05, 4.69) is 13.8 Å². The monoisotopic (exact) mass is 290 g/mol. The lowest BCUT2D eigenvalue weighted by Gasteiger charge is -2.06. The van der Waals surface area contributed by atoms with E-state index >= 15 is 0 Å². The van der Waals surface area contributed by atoms with Gasteiger partial charge in [-0.25, -0.2) is 0 Å². The molecule has 0 heterocycles. The Balaban J connectivity index is 2.88. The first-order valence-electron chi connectivity index (χ1n) is 7.49. The standard InChI is InChI=1S/C14H30O4Si/c1-3-5-6-14-19-18-13-12-17-11-10-16-9-8-15-7-4-2/h3-14H2,1-2H3. The molecule has 0 rings (SSSR count). The van der Waals surface area contributed by atoms with Crippen LogP contribution in [0.25, 0.3) is 0 Å². The molecule has 0 aromatic heterocycles. The molecule has 0 aliphatic heterocycles. The summed E-state index contributed by atoms with van der Waals surface area (Å²) in [7, 11) is 0.626. The van der Waals surface area contributed by atoms with Gasteiger partial charge in [0.1, 0.15) is 0 Å². The average Bonchev–Trinajstić information content (AvgIpc) is 2.43. The number of ether oxygens (including phenoxy) is 3. The molecule has 0 saturated heterocycles. The van der Waals surface area contributed by atoms with E-state index in [1.54, 1.807) is 0 Å². The molecular weight excluding hydrogens is 260 g/mol. The Morgan fingerprint density at radius 1 is 0.632 bits per heavy atom. The smallest absolute Gasteiger partial charge is 0.229 e. The average molecular weight is 290 g/mol. The number of hydrogen-bond acceptors (Lipinski definition) is 4. The van der Waals surface area contributed by atoms with Crippen molar-refractivity contribution in [1.29, 1.82) is 0 Å². The van der Waals surface area contributed by atoms with Crippen LogP contribution in [0.3, 0.4) is 0 Å². The van der Waals surface area contributed by atoms with Crippen molar-refractivity contribution in [2.24, 2.45) is 0 Å². The van der Waals surface area contributed by atoms with Crippen molar-refractivity contribution in [3.05, 3.63) is 0 Å². The Hall–Kier alpha value is 0.0569. The Bertz CT molecular complexity index is 142. The fourth-order valence-electron chi connectivity index (χ4n) is 1.38. The van der Waals surface area contributed by atoms with Gasteiger partial charge in [0.2, 0.25) is 9.76 Å². The van der Waals surface area contributed by atoms with E-state index in [0.717, 1.165) is 13.0 Å². The highest BCUT2D eigenvalue weighted by atomic mass is 28.2. The molecule has 0 N–H and O–H groups in total. The van der Waals surface area contributed by atoms with Gasteiger partial charge < -0.3 is 18.6 Å². The fourth-order valence-corrected chi connectivity index (χ4v) is 2.14. The van der Waals surface area contributed by atoms with Gasteiger partial charge in [0.15, 0.2) is 0 Å². The van der Waals surface area contributed by atoms with Crippen molar-refractivity contribution in [1.82, 2.24) is 0 Å². The van der Waals surface area contributed by atoms with Crippen LogP contribution in [0.15, 0.2) is 0 Å². The van der Waals surface area contributed by atoms with E-state index in [1.807, 2.05) is 0 Å². The molecule has 0 aliphatic rings. The molecule has 0 aromatic rings. The van der Waals surface area contributed by atoms with Gasteiger partial charge in [-0.3, -0.25) is 0 Å². The van der Waals surface area contributed by atoms with Gasteiger partial charge in [-0.2, -0.15) is 0 Å². The molecule has 2 radical (unpaired) electrons. The highest BCUT2D eigenvalue weighted by Crippen LogP contribution is 1.98. The lowest BCUT2D eigenvalue weighted by atomic mass is 10.3. The zero-order valence-electron chi connectivity index (χ0n) is 12.6. The van der Waals surface area contributed by atoms with Crippen molar-refractivity contribution < 1.29 is 18.6 Å². The first kappa shape index (κ1) is 19.1. The van der Waals surface area contributed by atoms with Crippen LogP contribution in [0.4, 0.5) is 0 Å². The Labute approximate surface area is 121 Å². The van der Waals surface area contributed by atoms with Gasteiger partial charge in [0, 0.05) is 6.61 Å². The maximum absolute atomic E-state index is 5.49. The molecule has 114 valence electrons. The molecule has 19 heavy (non-hydrogen) atoms. The normalized spacial score (nSPS) is 11.1. The topological polar surface area (TPSA) is 36.9 Å². The van der Waals surface area contributed by atoms with E-state index in [1.165, 1.54) is 25.3 Å². The number of unbranched alkanes of at least 4 members (excludes halogenated alkanes) is 2. The summed E-state index contributed by atoms with van der Waals surface area (Å²) in [6, 6.07) is 1.19. The first-order valence-corrected chi connectivity index (χ1v) is 8.61. The first-order chi connectivity index (χ1) is 9.41. The Kier molecular flexibility index (Phi) is 18.1. The fraction of sp³-hybridized carbons (Fsp3) is 1.00. The summed E-state index contributed by atoms with van der Waals surface area (Å²) in [5.74, 6) is 0. The predicted molar refractivity (Wildman–Crippen MR) is 78.8 cm³/mol. The summed E-state index contributed by atoms with van der Waals surface area (Å²) < 4.78 is 21.6. The van der Waals surface area contributed by atoms with Crippen LogP contribution in [-0.4, -0.2) is 56.0 Å². The van der Waals surface area contributed by atoms with Crippen LogP contribution in [0, 0.1) is 0 Å². The quantitative estimate of drug-likeness (QED) is 0.323. The summed E-state index contributed by atoms with van der Waals surface area (Å²) >= 11 is 0. The van der Waals surface area contributed by atoms with E-state index in [4.69, 9.17) is 18.6 Å². The van der Waals surface area contributed by atoms with Gasteiger partial charge in [0.25, 0.3) is 0 Å². The molecule has 0 aliphatic carbocycles. The molecular formula is C14H30O4Si. The molecule has 0 atom stereocenters. The van der Waals surface area contributed by atoms with Crippen molar-refractivity contribution >= 4 is 9.76 Å². The van der Waals surface area contributed by atoms with Gasteiger partial charge in [-0.1, -0.05) is 33.1 Å². The third-order valence-corrected chi connectivity index (χ3v) is 3.37. The Morgan fingerprint density at radius 3 is 1.79 bits per heavy atom. The lowest BCUT2D eigenvalue weighted by Crippen LogP contribution is -2.12. The number of rotatable bonds is 16. The second-order valence-electron chi connectivity index (χ2n) is 4.29. The van der Waals surface area contributed by atoms with Crippen molar-refractivity contribution in [3.63, 3.8) is 0 Å². The minimum Gasteiger partial charge on any atom is -0.415 e. The Morgan fingerprint density at radius 2 is 1.21 bits per heavy atom. The SMILES string of the molecule is CCCCC[Si]OCCOCCOCCOCCC. The maximum atomic E-state index is 5.49. The minimum atomic E-state index is 0.626. The van der Waals surface area contributed by atoms with Crippen LogP contribution in [0.5, 0.6) is 0 Å². The lowest BCUT2D eigenvalue weighted by molar-refractivity contribution is 0.00958. The van der Waals surface area contributed by atoms with Gasteiger partial charge >= 0.3 is 0 Å². The maximum Gasteiger partial charge on any atom is 0.229 e. The van der Waals surface area contributed by atoms with E-state index in [9.17, 15) is 0 Å². The van der Waals surface area contributed by atoms with Crippen molar-refractivity contribution in [2.75, 3.05) is 46.2 Å². The zero-order valence-corrected chi connectivity index (χ0v) is 13.6. The molecule has 0 aromatic carbocycles. The third kappa shape index (κ3) is 18.1. The summed E-state index contributed by atoms with van der Waals surface area (Å²) in [4.78, 5) is 0. The summed E-state index contributed by atoms with van der Waals surface area (Å²) in [6.07, 6.45) is 4.93. The number of hydrogen-bond donors (Lipinski definition) is 0. The highest BCUT2D eigenvalue weighted by Gasteiger charge is 1.94. The van der Waals surface area contributed by atoms with E-state index < -0.39 is 0 Å². The summed E-state index contributed by atoms with van der Waals surface area (Å²) in [5.41, 5.74) is 0. The molecule has 0 fully saturated rings. The van der Waals surface area contributed by atoms with Crippen LogP contribution >= 0.6 is 0 Å². The molecule has 0 saturated carbocycles. The van der Waals surface area contributed by atoms with Crippen LogP contribution in [0.1, 0.15) is 39.5 Å². The third-order valence-electron chi connectivity index (χ3n) is 2.41. The molecule has 0 spiro atoms. The van der Waals surface area contributed by atoms with Crippen molar-refractivity contribution in [2.45, 2.75) is 45.6 Å².